The average Bonchev–Trinajstić information content (AvgIpc) is 2.32. The third-order valence-corrected chi connectivity index (χ3v) is 2.78. The predicted octanol–water partition coefficient (Wildman–Crippen LogP) is 3.37. The van der Waals surface area contributed by atoms with Crippen molar-refractivity contribution in [3.05, 3.63) is 28.8 Å². The van der Waals surface area contributed by atoms with Crippen molar-refractivity contribution >= 4 is 0 Å². The van der Waals surface area contributed by atoms with Gasteiger partial charge in [-0.3, -0.25) is 0 Å². The maximum Gasteiger partial charge on any atom is 0.159 e. The van der Waals surface area contributed by atoms with Crippen LogP contribution in [0.2, 0.25) is 0 Å². The third kappa shape index (κ3) is 3.71. The summed E-state index contributed by atoms with van der Waals surface area (Å²) in [6.45, 7) is 6.48. The SMILES string of the molecule is C#CNOc1cc(C)c(CCC)cc1CCC. The van der Waals surface area contributed by atoms with Crippen molar-refractivity contribution in [1.29, 1.82) is 0 Å². The molecule has 1 aromatic carbocycles. The largest absolute Gasteiger partial charge is 0.374 e. The van der Waals surface area contributed by atoms with Crippen LogP contribution in [-0.2, 0) is 12.8 Å². The van der Waals surface area contributed by atoms with Crippen molar-refractivity contribution in [3.8, 4) is 18.2 Å². The number of hydroxylamine groups is 1. The number of hydrogen-bond donors (Lipinski definition) is 1. The zero-order chi connectivity index (χ0) is 12.7. The highest BCUT2D eigenvalue weighted by molar-refractivity contribution is 5.42. The Morgan fingerprint density at radius 1 is 1.18 bits per heavy atom. The van der Waals surface area contributed by atoms with Crippen molar-refractivity contribution in [3.63, 3.8) is 0 Å². The first-order chi connectivity index (χ1) is 8.22. The van der Waals surface area contributed by atoms with Gasteiger partial charge in [0.2, 0.25) is 0 Å². The summed E-state index contributed by atoms with van der Waals surface area (Å²) < 4.78 is 0. The Kier molecular flexibility index (Phi) is 5.42. The summed E-state index contributed by atoms with van der Waals surface area (Å²) in [5.41, 5.74) is 6.37. The lowest BCUT2D eigenvalue weighted by Crippen LogP contribution is -2.12. The van der Waals surface area contributed by atoms with Crippen molar-refractivity contribution in [1.82, 2.24) is 5.48 Å². The summed E-state index contributed by atoms with van der Waals surface area (Å²) in [5, 5.41) is 0. The molecule has 0 atom stereocenters. The zero-order valence-electron chi connectivity index (χ0n) is 11.0. The molecule has 0 unspecified atom stereocenters. The molecule has 0 saturated carbocycles. The number of aryl methyl sites for hydroxylation is 3. The summed E-state index contributed by atoms with van der Waals surface area (Å²) in [6.07, 6.45) is 9.52. The van der Waals surface area contributed by atoms with E-state index in [4.69, 9.17) is 11.3 Å². The van der Waals surface area contributed by atoms with E-state index in [2.05, 4.69) is 44.4 Å². The fourth-order valence-corrected chi connectivity index (χ4v) is 1.96. The van der Waals surface area contributed by atoms with E-state index in [-0.39, 0.29) is 0 Å². The Morgan fingerprint density at radius 3 is 2.41 bits per heavy atom. The molecule has 0 aliphatic carbocycles. The van der Waals surface area contributed by atoms with E-state index in [1.807, 2.05) is 0 Å². The van der Waals surface area contributed by atoms with E-state index < -0.39 is 0 Å². The highest BCUT2D eigenvalue weighted by Crippen LogP contribution is 2.25. The number of terminal acetylenes is 1. The molecule has 0 heterocycles. The first-order valence-corrected chi connectivity index (χ1v) is 6.22. The summed E-state index contributed by atoms with van der Waals surface area (Å²) in [7, 11) is 0. The molecule has 0 amide bonds. The van der Waals surface area contributed by atoms with Gasteiger partial charge in [-0.05, 0) is 42.5 Å². The molecule has 0 saturated heterocycles. The minimum absolute atomic E-state index is 0.849. The van der Waals surface area contributed by atoms with Crippen molar-refractivity contribution in [2.75, 3.05) is 0 Å². The van der Waals surface area contributed by atoms with E-state index in [0.29, 0.717) is 0 Å². The molecule has 0 aliphatic rings. The van der Waals surface area contributed by atoms with Crippen LogP contribution in [0.25, 0.3) is 0 Å². The molecule has 0 spiro atoms. The summed E-state index contributed by atoms with van der Waals surface area (Å²) >= 11 is 0. The highest BCUT2D eigenvalue weighted by Gasteiger charge is 2.08. The van der Waals surface area contributed by atoms with E-state index in [1.54, 1.807) is 0 Å². The van der Waals surface area contributed by atoms with E-state index in [9.17, 15) is 0 Å². The molecule has 0 fully saturated rings. The van der Waals surface area contributed by atoms with Gasteiger partial charge in [-0.1, -0.05) is 39.2 Å². The Morgan fingerprint density at radius 2 is 1.82 bits per heavy atom. The van der Waals surface area contributed by atoms with Crippen LogP contribution in [0.4, 0.5) is 0 Å². The molecule has 0 aliphatic heterocycles. The first-order valence-electron chi connectivity index (χ1n) is 6.22. The lowest BCUT2D eigenvalue weighted by atomic mass is 9.98. The molecule has 0 aromatic heterocycles. The smallest absolute Gasteiger partial charge is 0.159 e. The predicted molar refractivity (Wildman–Crippen MR) is 71.8 cm³/mol. The number of nitrogens with one attached hydrogen (secondary N) is 1. The van der Waals surface area contributed by atoms with Gasteiger partial charge in [-0.25, -0.2) is 0 Å². The van der Waals surface area contributed by atoms with Gasteiger partial charge in [0.15, 0.2) is 5.75 Å². The minimum Gasteiger partial charge on any atom is -0.374 e. The van der Waals surface area contributed by atoms with Crippen LogP contribution in [0.3, 0.4) is 0 Å². The summed E-state index contributed by atoms with van der Waals surface area (Å²) in [5.74, 6) is 0.849. The standard InChI is InChI=1S/C15H21NO/c1-5-8-13-11-14(9-6-2)15(10-12(13)4)17-16-7-3/h3,10-11,16H,5-6,8-9H2,1-2,4H3. The van der Waals surface area contributed by atoms with E-state index in [0.717, 1.165) is 31.4 Å². The quantitative estimate of drug-likeness (QED) is 0.460. The van der Waals surface area contributed by atoms with Crippen LogP contribution in [0.15, 0.2) is 12.1 Å². The molecule has 17 heavy (non-hydrogen) atoms. The van der Waals surface area contributed by atoms with Gasteiger partial charge in [0, 0.05) is 6.04 Å². The van der Waals surface area contributed by atoms with Gasteiger partial charge in [0.1, 0.15) is 0 Å². The van der Waals surface area contributed by atoms with Gasteiger partial charge < -0.3 is 4.84 Å². The Hall–Kier alpha value is -1.62. The lowest BCUT2D eigenvalue weighted by Gasteiger charge is -2.13. The molecular weight excluding hydrogens is 210 g/mol. The van der Waals surface area contributed by atoms with Crippen molar-refractivity contribution < 1.29 is 4.84 Å². The highest BCUT2D eigenvalue weighted by atomic mass is 16.6. The normalized spacial score (nSPS) is 9.76. The second kappa shape index (κ2) is 6.85. The zero-order valence-corrected chi connectivity index (χ0v) is 11.0. The molecule has 1 N–H and O–H groups in total. The minimum atomic E-state index is 0.849. The molecule has 0 radical (unpaired) electrons. The Bertz CT molecular complexity index is 404. The second-order valence-corrected chi connectivity index (χ2v) is 4.23. The van der Waals surface area contributed by atoms with Gasteiger partial charge in [-0.2, -0.15) is 5.48 Å². The first kappa shape index (κ1) is 13.4. The van der Waals surface area contributed by atoms with Gasteiger partial charge in [0.05, 0.1) is 0 Å². The summed E-state index contributed by atoms with van der Waals surface area (Å²) in [4.78, 5) is 5.37. The van der Waals surface area contributed by atoms with E-state index in [1.165, 1.54) is 16.7 Å². The maximum atomic E-state index is 5.37. The van der Waals surface area contributed by atoms with Crippen LogP contribution in [-0.4, -0.2) is 0 Å². The van der Waals surface area contributed by atoms with E-state index >= 15 is 0 Å². The fourth-order valence-electron chi connectivity index (χ4n) is 1.96. The van der Waals surface area contributed by atoms with Crippen molar-refractivity contribution in [2.24, 2.45) is 0 Å². The Balaban J connectivity index is 3.02. The van der Waals surface area contributed by atoms with Crippen molar-refractivity contribution in [2.45, 2.75) is 46.5 Å². The van der Waals surface area contributed by atoms with Crippen LogP contribution in [0, 0.1) is 19.4 Å². The van der Waals surface area contributed by atoms with Gasteiger partial charge >= 0.3 is 0 Å². The van der Waals surface area contributed by atoms with Gasteiger partial charge in [0.25, 0.3) is 0 Å². The maximum absolute atomic E-state index is 5.37. The number of hydrogen-bond acceptors (Lipinski definition) is 2. The molecule has 1 aromatic rings. The number of rotatable bonds is 6. The van der Waals surface area contributed by atoms with Crippen LogP contribution < -0.4 is 10.3 Å². The van der Waals surface area contributed by atoms with Crippen LogP contribution in [0.1, 0.15) is 43.4 Å². The van der Waals surface area contributed by atoms with Crippen LogP contribution >= 0.6 is 0 Å². The molecular formula is C15H21NO. The summed E-state index contributed by atoms with van der Waals surface area (Å²) in [6, 6.07) is 6.59. The topological polar surface area (TPSA) is 21.3 Å². The molecule has 92 valence electrons. The second-order valence-electron chi connectivity index (χ2n) is 4.23. The molecule has 0 bridgehead atoms. The van der Waals surface area contributed by atoms with Gasteiger partial charge in [-0.15, -0.1) is 0 Å². The third-order valence-electron chi connectivity index (χ3n) is 2.78. The number of benzene rings is 1. The monoisotopic (exact) mass is 231 g/mol. The molecule has 2 heteroatoms. The lowest BCUT2D eigenvalue weighted by molar-refractivity contribution is 0.250. The Labute approximate surface area is 104 Å². The van der Waals surface area contributed by atoms with Crippen LogP contribution in [0.5, 0.6) is 5.75 Å². The fraction of sp³-hybridized carbons (Fsp3) is 0.467. The average molecular weight is 231 g/mol. The molecule has 1 rings (SSSR count). The molecule has 2 nitrogen and oxygen atoms in total.